The highest BCUT2D eigenvalue weighted by Crippen LogP contribution is 2.62. The number of nitrogens with zero attached hydrogens (tertiary/aromatic N) is 1. The van der Waals surface area contributed by atoms with Crippen LogP contribution in [0.3, 0.4) is 0 Å². The largest absolute Gasteiger partial charge is 0.396 e. The van der Waals surface area contributed by atoms with E-state index in [-0.39, 0.29) is 35.3 Å². The monoisotopic (exact) mass is 497 g/mol. The number of fused-ring (bicyclic) bond motifs is 2. The first kappa shape index (κ1) is 26.4. The predicted molar refractivity (Wildman–Crippen MR) is 134 cm³/mol. The normalized spacial score (nSPS) is 42.6. The Morgan fingerprint density at radius 2 is 2.12 bits per heavy atom. The molecule has 4 fully saturated rings. The minimum atomic E-state index is -0.532. The highest BCUT2D eigenvalue weighted by atomic mass is 32.2. The molecular formula is C25H45N4O4S+. The summed E-state index contributed by atoms with van der Waals surface area (Å²) in [6, 6.07) is 0.344. The Labute approximate surface area is 208 Å². The van der Waals surface area contributed by atoms with Crippen molar-refractivity contribution < 1.29 is 25.1 Å². The van der Waals surface area contributed by atoms with Crippen LogP contribution in [0.15, 0.2) is 12.7 Å². The van der Waals surface area contributed by atoms with Gasteiger partial charge in [0.1, 0.15) is 6.04 Å². The molecule has 4 aliphatic rings. The average molecular weight is 498 g/mol. The number of aliphatic hydroxyl groups excluding tert-OH is 2. The minimum Gasteiger partial charge on any atom is -0.396 e. The number of nitrogens with two attached hydrogens (primary N) is 1. The fourth-order valence-electron chi connectivity index (χ4n) is 7.20. The Kier molecular flexibility index (Phi) is 8.65. The van der Waals surface area contributed by atoms with Crippen LogP contribution in [0.4, 0.5) is 0 Å². The zero-order chi connectivity index (χ0) is 24.3. The van der Waals surface area contributed by atoms with E-state index in [0.717, 1.165) is 52.2 Å². The van der Waals surface area contributed by atoms with E-state index in [9.17, 15) is 15.0 Å². The van der Waals surface area contributed by atoms with Crippen LogP contribution < -0.4 is 16.0 Å². The summed E-state index contributed by atoms with van der Waals surface area (Å²) in [4.78, 5) is 15.5. The van der Waals surface area contributed by atoms with Crippen LogP contribution in [0.2, 0.25) is 0 Å². The molecule has 2 saturated heterocycles. The zero-order valence-electron chi connectivity index (χ0n) is 20.9. The molecule has 0 aromatic carbocycles. The highest BCUT2D eigenvalue weighted by molar-refractivity contribution is 8.00. The van der Waals surface area contributed by atoms with Gasteiger partial charge in [-0.05, 0) is 30.6 Å². The molecule has 8 nitrogen and oxygen atoms in total. The van der Waals surface area contributed by atoms with Gasteiger partial charge in [0.25, 0.3) is 0 Å². The molecule has 2 aliphatic heterocycles. The second kappa shape index (κ2) is 11.2. The Bertz CT molecular complexity index is 723. The molecule has 9 heteroatoms. The molecule has 8 atom stereocenters. The van der Waals surface area contributed by atoms with Crippen LogP contribution >= 0.6 is 11.8 Å². The van der Waals surface area contributed by atoms with E-state index in [4.69, 9.17) is 4.74 Å². The van der Waals surface area contributed by atoms with Gasteiger partial charge in [-0.25, -0.2) is 0 Å². The molecule has 2 heterocycles. The summed E-state index contributed by atoms with van der Waals surface area (Å²) >= 11 is 1.94. The number of amides is 1. The Morgan fingerprint density at radius 3 is 2.82 bits per heavy atom. The van der Waals surface area contributed by atoms with E-state index in [2.05, 4.69) is 41.3 Å². The molecule has 0 radical (unpaired) electrons. The van der Waals surface area contributed by atoms with Crippen LogP contribution in [-0.4, -0.2) is 96.5 Å². The first-order valence-corrected chi connectivity index (χ1v) is 14.0. The molecule has 1 amide bonds. The summed E-state index contributed by atoms with van der Waals surface area (Å²) < 4.78 is 5.42. The van der Waals surface area contributed by atoms with Gasteiger partial charge in [-0.2, -0.15) is 0 Å². The number of rotatable bonds is 9. The van der Waals surface area contributed by atoms with Crippen molar-refractivity contribution in [2.75, 3.05) is 52.5 Å². The third kappa shape index (κ3) is 5.21. The molecular weight excluding hydrogens is 452 g/mol. The van der Waals surface area contributed by atoms with Crippen molar-refractivity contribution >= 4 is 17.7 Å². The maximum Gasteiger partial charge on any atom is 0.220 e. The second-order valence-electron chi connectivity index (χ2n) is 11.2. The molecule has 0 aromatic heterocycles. The molecule has 8 unspecified atom stereocenters. The first-order chi connectivity index (χ1) is 16.3. The maximum atomic E-state index is 13.2. The van der Waals surface area contributed by atoms with Crippen LogP contribution in [0.25, 0.3) is 0 Å². The zero-order valence-corrected chi connectivity index (χ0v) is 21.7. The van der Waals surface area contributed by atoms with Crippen molar-refractivity contribution in [3.05, 3.63) is 12.7 Å². The number of carbonyl (C=O) groups is 1. The van der Waals surface area contributed by atoms with Gasteiger partial charge in [0.15, 0.2) is 5.50 Å². The van der Waals surface area contributed by atoms with Gasteiger partial charge in [-0.15, -0.1) is 6.58 Å². The molecule has 6 N–H and O–H groups in total. The van der Waals surface area contributed by atoms with E-state index < -0.39 is 11.5 Å². The average Bonchev–Trinajstić information content (AvgIpc) is 3.25. The van der Waals surface area contributed by atoms with Crippen molar-refractivity contribution in [2.24, 2.45) is 22.7 Å². The van der Waals surface area contributed by atoms with Crippen molar-refractivity contribution in [1.29, 1.82) is 0 Å². The number of hydrogen-bond acceptors (Lipinski definition) is 7. The van der Waals surface area contributed by atoms with Gasteiger partial charge in [-0.3, -0.25) is 15.0 Å². The number of nitrogens with one attached hydrogen (secondary N) is 2. The van der Waals surface area contributed by atoms with E-state index >= 15 is 0 Å². The van der Waals surface area contributed by atoms with Crippen LogP contribution in [-0.2, 0) is 9.53 Å². The van der Waals surface area contributed by atoms with Gasteiger partial charge in [0.2, 0.25) is 5.91 Å². The lowest BCUT2D eigenvalue weighted by molar-refractivity contribution is -0.708. The molecule has 0 spiro atoms. The number of aliphatic hydroxyl groups is 2. The van der Waals surface area contributed by atoms with E-state index in [1.165, 1.54) is 0 Å². The molecule has 0 bridgehead atoms. The van der Waals surface area contributed by atoms with Gasteiger partial charge in [0.05, 0.1) is 31.2 Å². The van der Waals surface area contributed by atoms with Crippen molar-refractivity contribution in [2.45, 2.75) is 62.4 Å². The highest BCUT2D eigenvalue weighted by Gasteiger charge is 2.64. The molecule has 0 aromatic rings. The van der Waals surface area contributed by atoms with Crippen molar-refractivity contribution in [3.63, 3.8) is 0 Å². The van der Waals surface area contributed by atoms with E-state index in [1.54, 1.807) is 0 Å². The standard InChI is InChI=1S/C25H44N4O4S/c1-4-7-27-23-28-22-17(14-21(32)26-8-9-29-10-12-33-13-11-29)24(2)6-5-20(31)25(3,16-30)19(24)15-18(22)34-23/h4,17-20,22-23,27-28,30-31H,1,5-16H2,2-3H3,(H,26,32)/p+1. The first-order valence-electron chi connectivity index (χ1n) is 13.0. The van der Waals surface area contributed by atoms with Gasteiger partial charge < -0.3 is 25.6 Å². The number of morpholine rings is 1. The van der Waals surface area contributed by atoms with Crippen LogP contribution in [0, 0.1) is 22.7 Å². The third-order valence-electron chi connectivity index (χ3n) is 9.30. The Balaban J connectivity index is 1.48. The predicted octanol–water partition coefficient (Wildman–Crippen LogP) is -0.273. The molecule has 2 saturated carbocycles. The van der Waals surface area contributed by atoms with E-state index in [0.29, 0.717) is 30.7 Å². The molecule has 194 valence electrons. The number of carbonyl (C=O) groups excluding carboxylic acids is 1. The SMILES string of the molecule is C=CCNC1[NH2+]C2C(CC3C(C)(CO)C(O)CCC3(C)C2CC(=O)NCCN2CCOCC2)S1. The van der Waals surface area contributed by atoms with Gasteiger partial charge in [0, 0.05) is 50.5 Å². The lowest BCUT2D eigenvalue weighted by atomic mass is 9.46. The summed E-state index contributed by atoms with van der Waals surface area (Å²) in [7, 11) is 0. The fourth-order valence-corrected chi connectivity index (χ4v) is 8.80. The number of ether oxygens (including phenoxy) is 1. The second-order valence-corrected chi connectivity index (χ2v) is 12.6. The van der Waals surface area contributed by atoms with Gasteiger partial charge >= 0.3 is 0 Å². The number of quaternary nitrogens is 1. The summed E-state index contributed by atoms with van der Waals surface area (Å²) in [6.45, 7) is 13.9. The maximum absolute atomic E-state index is 13.2. The summed E-state index contributed by atoms with van der Waals surface area (Å²) in [5.74, 6) is 0.498. The quantitative estimate of drug-likeness (QED) is 0.279. The van der Waals surface area contributed by atoms with Crippen LogP contribution in [0.5, 0.6) is 0 Å². The lowest BCUT2D eigenvalue weighted by Crippen LogP contribution is -2.97. The minimum absolute atomic E-state index is 0.0171. The van der Waals surface area contributed by atoms with Crippen LogP contribution in [0.1, 0.15) is 39.5 Å². The molecule has 2 aliphatic carbocycles. The molecule has 34 heavy (non-hydrogen) atoms. The summed E-state index contributed by atoms with van der Waals surface area (Å²) in [5, 5.41) is 30.9. The lowest BCUT2D eigenvalue weighted by Gasteiger charge is -2.60. The number of thioether (sulfide) groups is 1. The number of hydrogen-bond donors (Lipinski definition) is 5. The smallest absolute Gasteiger partial charge is 0.220 e. The third-order valence-corrected chi connectivity index (χ3v) is 10.8. The van der Waals surface area contributed by atoms with Crippen molar-refractivity contribution in [1.82, 2.24) is 15.5 Å². The summed E-state index contributed by atoms with van der Waals surface area (Å²) in [6.07, 6.45) is 4.43. The molecule has 4 rings (SSSR count). The van der Waals surface area contributed by atoms with Crippen molar-refractivity contribution in [3.8, 4) is 0 Å². The Hall–Kier alpha value is -0.680. The fraction of sp³-hybridized carbons (Fsp3) is 0.880. The summed E-state index contributed by atoms with van der Waals surface area (Å²) in [5.41, 5.74) is -0.381. The van der Waals surface area contributed by atoms with E-state index in [1.807, 2.05) is 17.8 Å². The van der Waals surface area contributed by atoms with Gasteiger partial charge in [-0.1, -0.05) is 31.7 Å². The Morgan fingerprint density at radius 1 is 1.35 bits per heavy atom. The topological polar surface area (TPSA) is 111 Å².